The van der Waals surface area contributed by atoms with Gasteiger partial charge in [0, 0.05) is 25.2 Å². The number of fused-ring (bicyclic) bond motifs is 1. The highest BCUT2D eigenvalue weighted by molar-refractivity contribution is 5.13. The van der Waals surface area contributed by atoms with Gasteiger partial charge >= 0.3 is 0 Å². The van der Waals surface area contributed by atoms with E-state index in [4.69, 9.17) is 4.74 Å². The maximum atomic E-state index is 10.0. The SMILES string of the molecule is OC(CNC1CCN2CCCC12)COCc1ccccc1. The Morgan fingerprint density at radius 3 is 2.95 bits per heavy atom. The summed E-state index contributed by atoms with van der Waals surface area (Å²) in [5.74, 6) is 0. The molecule has 2 fully saturated rings. The fourth-order valence-corrected chi connectivity index (χ4v) is 3.55. The monoisotopic (exact) mass is 290 g/mol. The number of aliphatic hydroxyl groups is 1. The van der Waals surface area contributed by atoms with Crippen LogP contribution in [0.4, 0.5) is 0 Å². The summed E-state index contributed by atoms with van der Waals surface area (Å²) in [6, 6.07) is 11.3. The predicted octanol–water partition coefficient (Wildman–Crippen LogP) is 1.39. The Morgan fingerprint density at radius 1 is 1.24 bits per heavy atom. The summed E-state index contributed by atoms with van der Waals surface area (Å²) >= 11 is 0. The zero-order valence-corrected chi connectivity index (χ0v) is 12.6. The first-order valence-electron chi connectivity index (χ1n) is 8.10. The standard InChI is InChI=1S/C17H26N2O2/c20-15(13-21-12-14-5-2-1-3-6-14)11-18-16-8-10-19-9-4-7-17(16)19/h1-3,5-6,15-18,20H,4,7-13H2. The highest BCUT2D eigenvalue weighted by Gasteiger charge is 2.36. The fourth-order valence-electron chi connectivity index (χ4n) is 3.55. The summed E-state index contributed by atoms with van der Waals surface area (Å²) in [7, 11) is 0. The summed E-state index contributed by atoms with van der Waals surface area (Å²) < 4.78 is 5.58. The molecule has 4 heteroatoms. The van der Waals surface area contributed by atoms with Gasteiger partial charge in [-0.3, -0.25) is 4.90 Å². The minimum atomic E-state index is -0.427. The van der Waals surface area contributed by atoms with E-state index in [1.807, 2.05) is 30.3 Å². The summed E-state index contributed by atoms with van der Waals surface area (Å²) in [6.45, 7) is 4.05. The molecule has 1 aromatic carbocycles. The van der Waals surface area contributed by atoms with Crippen LogP contribution in [0.2, 0.25) is 0 Å². The number of hydrogen-bond donors (Lipinski definition) is 2. The van der Waals surface area contributed by atoms with Gasteiger partial charge < -0.3 is 15.2 Å². The Kier molecular flexibility index (Phi) is 5.25. The van der Waals surface area contributed by atoms with E-state index in [2.05, 4.69) is 10.2 Å². The third-order valence-corrected chi connectivity index (χ3v) is 4.64. The minimum Gasteiger partial charge on any atom is -0.389 e. The van der Waals surface area contributed by atoms with Gasteiger partial charge in [0.2, 0.25) is 0 Å². The molecule has 0 aliphatic carbocycles. The molecule has 1 aromatic rings. The lowest BCUT2D eigenvalue weighted by molar-refractivity contribution is 0.0272. The van der Waals surface area contributed by atoms with Crippen molar-refractivity contribution in [3.63, 3.8) is 0 Å². The molecule has 2 aliphatic heterocycles. The van der Waals surface area contributed by atoms with Gasteiger partial charge in [-0.05, 0) is 31.4 Å². The second-order valence-electron chi connectivity index (χ2n) is 6.20. The van der Waals surface area contributed by atoms with Crippen LogP contribution in [0, 0.1) is 0 Å². The number of nitrogens with zero attached hydrogens (tertiary/aromatic N) is 1. The van der Waals surface area contributed by atoms with Crippen LogP contribution in [-0.4, -0.2) is 54.4 Å². The fraction of sp³-hybridized carbons (Fsp3) is 0.647. The predicted molar refractivity (Wildman–Crippen MR) is 83.1 cm³/mol. The molecule has 2 aliphatic rings. The molecule has 4 nitrogen and oxygen atoms in total. The van der Waals surface area contributed by atoms with E-state index in [9.17, 15) is 5.11 Å². The van der Waals surface area contributed by atoms with Crippen LogP contribution >= 0.6 is 0 Å². The van der Waals surface area contributed by atoms with Gasteiger partial charge in [0.05, 0.1) is 19.3 Å². The van der Waals surface area contributed by atoms with E-state index in [1.165, 1.54) is 32.4 Å². The van der Waals surface area contributed by atoms with Crippen molar-refractivity contribution in [3.05, 3.63) is 35.9 Å². The van der Waals surface area contributed by atoms with Crippen LogP contribution in [-0.2, 0) is 11.3 Å². The Hall–Kier alpha value is -0.940. The van der Waals surface area contributed by atoms with E-state index >= 15 is 0 Å². The van der Waals surface area contributed by atoms with Crippen molar-refractivity contribution in [2.24, 2.45) is 0 Å². The lowest BCUT2D eigenvalue weighted by Gasteiger charge is -2.22. The number of nitrogens with one attached hydrogen (secondary N) is 1. The van der Waals surface area contributed by atoms with Gasteiger partial charge in [-0.2, -0.15) is 0 Å². The minimum absolute atomic E-state index is 0.392. The van der Waals surface area contributed by atoms with Crippen LogP contribution < -0.4 is 5.32 Å². The molecule has 116 valence electrons. The van der Waals surface area contributed by atoms with Crippen molar-refractivity contribution in [3.8, 4) is 0 Å². The average molecular weight is 290 g/mol. The Morgan fingerprint density at radius 2 is 2.10 bits per heavy atom. The third kappa shape index (κ3) is 4.04. The van der Waals surface area contributed by atoms with Crippen molar-refractivity contribution in [2.75, 3.05) is 26.2 Å². The molecule has 0 amide bonds. The number of aliphatic hydroxyl groups excluding tert-OH is 1. The van der Waals surface area contributed by atoms with E-state index in [1.54, 1.807) is 0 Å². The molecule has 3 rings (SSSR count). The van der Waals surface area contributed by atoms with Crippen molar-refractivity contribution in [1.29, 1.82) is 0 Å². The average Bonchev–Trinajstić information content (AvgIpc) is 3.10. The smallest absolute Gasteiger partial charge is 0.0897 e. The molecular weight excluding hydrogens is 264 g/mol. The van der Waals surface area contributed by atoms with Crippen LogP contribution in [0.15, 0.2) is 30.3 Å². The number of rotatable bonds is 7. The molecule has 0 saturated carbocycles. The van der Waals surface area contributed by atoms with E-state index in [0.717, 1.165) is 5.56 Å². The van der Waals surface area contributed by atoms with Gasteiger partial charge in [0.1, 0.15) is 0 Å². The Bertz CT molecular complexity index is 426. The quantitative estimate of drug-likeness (QED) is 0.796. The Balaban J connectivity index is 1.32. The topological polar surface area (TPSA) is 44.7 Å². The van der Waals surface area contributed by atoms with Gasteiger partial charge in [-0.15, -0.1) is 0 Å². The lowest BCUT2D eigenvalue weighted by atomic mass is 10.1. The summed E-state index contributed by atoms with van der Waals surface area (Å²) in [5, 5.41) is 13.6. The molecule has 0 aromatic heterocycles. The molecule has 3 atom stereocenters. The zero-order valence-electron chi connectivity index (χ0n) is 12.6. The van der Waals surface area contributed by atoms with Crippen LogP contribution in [0.25, 0.3) is 0 Å². The first-order chi connectivity index (χ1) is 10.3. The highest BCUT2D eigenvalue weighted by Crippen LogP contribution is 2.27. The molecule has 2 N–H and O–H groups in total. The normalized spacial score (nSPS) is 26.9. The van der Waals surface area contributed by atoms with Crippen LogP contribution in [0.3, 0.4) is 0 Å². The summed E-state index contributed by atoms with van der Waals surface area (Å²) in [5.41, 5.74) is 1.15. The molecule has 21 heavy (non-hydrogen) atoms. The van der Waals surface area contributed by atoms with E-state index < -0.39 is 6.10 Å². The second kappa shape index (κ2) is 7.36. The number of ether oxygens (including phenoxy) is 1. The van der Waals surface area contributed by atoms with Crippen molar-refractivity contribution >= 4 is 0 Å². The van der Waals surface area contributed by atoms with E-state index in [0.29, 0.717) is 31.8 Å². The summed E-state index contributed by atoms with van der Waals surface area (Å²) in [4.78, 5) is 2.58. The van der Waals surface area contributed by atoms with Gasteiger partial charge in [0.15, 0.2) is 0 Å². The summed E-state index contributed by atoms with van der Waals surface area (Å²) in [6.07, 6.45) is 3.41. The molecule has 0 bridgehead atoms. The van der Waals surface area contributed by atoms with Crippen molar-refractivity contribution < 1.29 is 9.84 Å². The maximum Gasteiger partial charge on any atom is 0.0897 e. The largest absolute Gasteiger partial charge is 0.389 e. The van der Waals surface area contributed by atoms with Crippen molar-refractivity contribution in [1.82, 2.24) is 10.2 Å². The maximum absolute atomic E-state index is 10.0. The number of benzene rings is 1. The molecular formula is C17H26N2O2. The molecule has 2 saturated heterocycles. The van der Waals surface area contributed by atoms with Gasteiger partial charge in [-0.1, -0.05) is 30.3 Å². The van der Waals surface area contributed by atoms with E-state index in [-0.39, 0.29) is 0 Å². The second-order valence-corrected chi connectivity index (χ2v) is 6.20. The van der Waals surface area contributed by atoms with Crippen LogP contribution in [0.5, 0.6) is 0 Å². The van der Waals surface area contributed by atoms with Gasteiger partial charge in [0.25, 0.3) is 0 Å². The molecule has 3 unspecified atom stereocenters. The number of hydrogen-bond acceptors (Lipinski definition) is 4. The first-order valence-corrected chi connectivity index (χ1v) is 8.10. The Labute approximate surface area is 127 Å². The molecule has 0 radical (unpaired) electrons. The van der Waals surface area contributed by atoms with Crippen molar-refractivity contribution in [2.45, 2.75) is 44.1 Å². The van der Waals surface area contributed by atoms with Gasteiger partial charge in [-0.25, -0.2) is 0 Å². The lowest BCUT2D eigenvalue weighted by Crippen LogP contribution is -2.43. The van der Waals surface area contributed by atoms with Crippen LogP contribution in [0.1, 0.15) is 24.8 Å². The highest BCUT2D eigenvalue weighted by atomic mass is 16.5. The molecule has 2 heterocycles. The zero-order chi connectivity index (χ0) is 14.5. The third-order valence-electron chi connectivity index (χ3n) is 4.64. The molecule has 0 spiro atoms. The first kappa shape index (κ1) is 15.0.